The highest BCUT2D eigenvalue weighted by molar-refractivity contribution is 5.80. The second-order valence-corrected chi connectivity index (χ2v) is 6.46. The van der Waals surface area contributed by atoms with Gasteiger partial charge in [0.1, 0.15) is 11.9 Å². The van der Waals surface area contributed by atoms with Gasteiger partial charge in [-0.15, -0.1) is 5.10 Å². The van der Waals surface area contributed by atoms with Gasteiger partial charge in [0.05, 0.1) is 12.7 Å². The van der Waals surface area contributed by atoms with Gasteiger partial charge in [0.25, 0.3) is 5.91 Å². The second kappa shape index (κ2) is 8.39. The molecule has 0 spiro atoms. The lowest BCUT2D eigenvalue weighted by atomic mass is 10.0. The molecule has 7 heteroatoms. The lowest BCUT2D eigenvalue weighted by Crippen LogP contribution is -2.46. The first-order valence-corrected chi connectivity index (χ1v) is 8.78. The van der Waals surface area contributed by atoms with Gasteiger partial charge >= 0.3 is 0 Å². The Labute approximate surface area is 142 Å². The smallest absolute Gasteiger partial charge is 0.251 e. The predicted molar refractivity (Wildman–Crippen MR) is 89.6 cm³/mol. The highest BCUT2D eigenvalue weighted by Crippen LogP contribution is 2.17. The molecule has 3 heterocycles. The zero-order chi connectivity index (χ0) is 16.8. The van der Waals surface area contributed by atoms with E-state index >= 15 is 0 Å². The molecule has 2 saturated heterocycles. The van der Waals surface area contributed by atoms with Crippen molar-refractivity contribution in [2.75, 3.05) is 31.6 Å². The molecule has 132 valence electrons. The monoisotopic (exact) mass is 334 g/mol. The summed E-state index contributed by atoms with van der Waals surface area (Å²) in [6.45, 7) is 4.64. The number of piperidine rings is 1. The fourth-order valence-electron chi connectivity index (χ4n) is 3.19. The van der Waals surface area contributed by atoms with Gasteiger partial charge in [0.2, 0.25) is 0 Å². The van der Waals surface area contributed by atoms with Gasteiger partial charge in [-0.25, -0.2) is 0 Å². The van der Waals surface area contributed by atoms with E-state index in [-0.39, 0.29) is 12.0 Å². The molecule has 2 atom stereocenters. The number of nitrogens with zero attached hydrogens (tertiary/aromatic N) is 3. The van der Waals surface area contributed by atoms with E-state index in [9.17, 15) is 4.79 Å². The first-order chi connectivity index (χ1) is 11.7. The van der Waals surface area contributed by atoms with E-state index in [1.165, 1.54) is 0 Å². The highest BCUT2D eigenvalue weighted by Gasteiger charge is 2.27. The van der Waals surface area contributed by atoms with Gasteiger partial charge in [-0.1, -0.05) is 0 Å². The van der Waals surface area contributed by atoms with E-state index in [0.717, 1.165) is 51.2 Å². The van der Waals surface area contributed by atoms with Crippen LogP contribution < -0.4 is 5.32 Å². The van der Waals surface area contributed by atoms with Crippen molar-refractivity contribution in [1.82, 2.24) is 15.1 Å². The third kappa shape index (κ3) is 4.64. The van der Waals surface area contributed by atoms with Crippen LogP contribution in [0.1, 0.15) is 32.6 Å². The summed E-state index contributed by atoms with van der Waals surface area (Å²) in [6, 6.07) is 4.10. The van der Waals surface area contributed by atoms with Crippen LogP contribution in [0.3, 0.4) is 0 Å². The molecule has 2 aliphatic rings. The number of carbonyl (C=O) groups excluding carboxylic acids is 1. The van der Waals surface area contributed by atoms with E-state index in [0.29, 0.717) is 12.6 Å². The number of aromatic nitrogens is 2. The molecule has 2 unspecified atom stereocenters. The van der Waals surface area contributed by atoms with E-state index in [1.807, 2.05) is 24.0 Å². The molecule has 0 radical (unpaired) electrons. The largest absolute Gasteiger partial charge is 0.376 e. The number of carbonyl (C=O) groups is 1. The first kappa shape index (κ1) is 17.1. The van der Waals surface area contributed by atoms with Crippen molar-refractivity contribution in [3.63, 3.8) is 0 Å². The summed E-state index contributed by atoms with van der Waals surface area (Å²) in [5, 5.41) is 11.3. The van der Waals surface area contributed by atoms with Crippen molar-refractivity contribution in [3.8, 4) is 0 Å². The number of nitrogens with one attached hydrogen (secondary N) is 1. The number of hydrogen-bond acceptors (Lipinski definition) is 6. The lowest BCUT2D eigenvalue weighted by molar-refractivity contribution is -0.145. The molecule has 1 N–H and O–H groups in total. The number of likely N-dealkylation sites (tertiary alicyclic amines) is 1. The fourth-order valence-corrected chi connectivity index (χ4v) is 3.19. The van der Waals surface area contributed by atoms with Crippen molar-refractivity contribution in [1.29, 1.82) is 0 Å². The minimum Gasteiger partial charge on any atom is -0.376 e. The van der Waals surface area contributed by atoms with Gasteiger partial charge in [0.15, 0.2) is 0 Å². The molecule has 3 rings (SSSR count). The highest BCUT2D eigenvalue weighted by atomic mass is 16.5. The SMILES string of the molecule is CC(OCC1CCCO1)C(=O)N1CCC(Nc2cccnn2)CC1. The molecule has 24 heavy (non-hydrogen) atoms. The standard InChI is InChI=1S/C17H26N4O3/c1-13(24-12-15-4-3-11-23-15)17(22)21-9-6-14(7-10-21)19-16-5-2-8-18-20-16/h2,5,8,13-15H,3-4,6-7,9-12H2,1H3,(H,19,20). The van der Waals surface area contributed by atoms with Gasteiger partial charge in [-0.2, -0.15) is 5.10 Å². The fraction of sp³-hybridized carbons (Fsp3) is 0.706. The summed E-state index contributed by atoms with van der Waals surface area (Å²) in [7, 11) is 0. The summed E-state index contributed by atoms with van der Waals surface area (Å²) in [5.74, 6) is 0.862. The number of anilines is 1. The van der Waals surface area contributed by atoms with Crippen LogP contribution in [0.25, 0.3) is 0 Å². The number of rotatable bonds is 6. The van der Waals surface area contributed by atoms with E-state index < -0.39 is 6.10 Å². The maximum Gasteiger partial charge on any atom is 0.251 e. The molecular weight excluding hydrogens is 308 g/mol. The number of ether oxygens (including phenoxy) is 2. The molecule has 0 saturated carbocycles. The molecule has 1 amide bonds. The maximum atomic E-state index is 12.5. The Bertz CT molecular complexity index is 514. The molecule has 0 aliphatic carbocycles. The quantitative estimate of drug-likeness (QED) is 0.849. The Balaban J connectivity index is 1.39. The van der Waals surface area contributed by atoms with Crippen LogP contribution >= 0.6 is 0 Å². The molecular formula is C17H26N4O3. The molecule has 2 fully saturated rings. The maximum absolute atomic E-state index is 12.5. The average molecular weight is 334 g/mol. The van der Waals surface area contributed by atoms with Crippen LogP contribution in [0, 0.1) is 0 Å². The van der Waals surface area contributed by atoms with Crippen LogP contribution in [0.4, 0.5) is 5.82 Å². The molecule has 7 nitrogen and oxygen atoms in total. The number of hydrogen-bond donors (Lipinski definition) is 1. The summed E-state index contributed by atoms with van der Waals surface area (Å²) in [4.78, 5) is 14.4. The van der Waals surface area contributed by atoms with Crippen molar-refractivity contribution in [3.05, 3.63) is 18.3 Å². The third-order valence-electron chi connectivity index (χ3n) is 4.63. The number of amides is 1. The topological polar surface area (TPSA) is 76.6 Å². The van der Waals surface area contributed by atoms with E-state index in [2.05, 4.69) is 15.5 Å². The summed E-state index contributed by atoms with van der Waals surface area (Å²) < 4.78 is 11.2. The van der Waals surface area contributed by atoms with Crippen molar-refractivity contribution in [2.45, 2.75) is 50.9 Å². The van der Waals surface area contributed by atoms with Crippen LogP contribution in [0.2, 0.25) is 0 Å². The van der Waals surface area contributed by atoms with Gasteiger partial charge in [0, 0.05) is 31.9 Å². The summed E-state index contributed by atoms with van der Waals surface area (Å²) >= 11 is 0. The third-order valence-corrected chi connectivity index (χ3v) is 4.63. The lowest BCUT2D eigenvalue weighted by Gasteiger charge is -2.34. The van der Waals surface area contributed by atoms with E-state index in [1.54, 1.807) is 6.20 Å². The van der Waals surface area contributed by atoms with Gasteiger partial charge in [-0.3, -0.25) is 4.79 Å². The van der Waals surface area contributed by atoms with Crippen molar-refractivity contribution < 1.29 is 14.3 Å². The molecule has 2 aliphatic heterocycles. The normalized spacial score (nSPS) is 23.2. The average Bonchev–Trinajstić information content (AvgIpc) is 3.14. The molecule has 0 aromatic carbocycles. The first-order valence-electron chi connectivity index (χ1n) is 8.78. The Morgan fingerprint density at radius 1 is 1.46 bits per heavy atom. The molecule has 1 aromatic heterocycles. The minimum absolute atomic E-state index is 0.0750. The van der Waals surface area contributed by atoms with Crippen LogP contribution in [-0.2, 0) is 14.3 Å². The Hall–Kier alpha value is -1.73. The van der Waals surface area contributed by atoms with E-state index in [4.69, 9.17) is 9.47 Å². The molecule has 0 bridgehead atoms. The zero-order valence-corrected chi connectivity index (χ0v) is 14.2. The Morgan fingerprint density at radius 2 is 2.29 bits per heavy atom. The van der Waals surface area contributed by atoms with Crippen LogP contribution in [0.15, 0.2) is 18.3 Å². The van der Waals surface area contributed by atoms with Crippen molar-refractivity contribution in [2.24, 2.45) is 0 Å². The Kier molecular flexibility index (Phi) is 5.98. The Morgan fingerprint density at radius 3 is 2.96 bits per heavy atom. The summed E-state index contributed by atoms with van der Waals surface area (Å²) in [5.41, 5.74) is 0. The second-order valence-electron chi connectivity index (χ2n) is 6.46. The van der Waals surface area contributed by atoms with Gasteiger partial charge < -0.3 is 19.7 Å². The van der Waals surface area contributed by atoms with Crippen LogP contribution in [0.5, 0.6) is 0 Å². The van der Waals surface area contributed by atoms with Gasteiger partial charge in [-0.05, 0) is 44.7 Å². The minimum atomic E-state index is -0.404. The predicted octanol–water partition coefficient (Wildman–Crippen LogP) is 1.46. The molecule has 1 aromatic rings. The van der Waals surface area contributed by atoms with Crippen LogP contribution in [-0.4, -0.2) is 65.6 Å². The zero-order valence-electron chi connectivity index (χ0n) is 14.2. The summed E-state index contributed by atoms with van der Waals surface area (Å²) in [6.07, 6.45) is 5.33. The van der Waals surface area contributed by atoms with Crippen molar-refractivity contribution >= 4 is 11.7 Å².